The second-order valence-electron chi connectivity index (χ2n) is 3.27. The zero-order valence-corrected chi connectivity index (χ0v) is 8.36. The first-order valence-electron chi connectivity index (χ1n) is 4.63. The lowest BCUT2D eigenvalue weighted by Crippen LogP contribution is -2.36. The van der Waals surface area contributed by atoms with E-state index in [1.54, 1.807) is 0 Å². The molecule has 1 nitrogen and oxygen atoms in total. The molecule has 0 aliphatic carbocycles. The van der Waals surface area contributed by atoms with Gasteiger partial charge in [-0.05, 0) is 17.7 Å². The molecule has 1 aliphatic rings. The van der Waals surface area contributed by atoms with Gasteiger partial charge in [-0.1, -0.05) is 36.8 Å². The minimum absolute atomic E-state index is 0. The zero-order valence-electron chi connectivity index (χ0n) is 7.20. The Bertz CT molecular complexity index is 234. The average molecular weight is 180 g/mol. The summed E-state index contributed by atoms with van der Waals surface area (Å²) in [5, 5.41) is 1.47. The molecule has 1 aromatic rings. The van der Waals surface area contributed by atoms with Crippen molar-refractivity contribution >= 4 is 14.2 Å². The van der Waals surface area contributed by atoms with Crippen LogP contribution in [-0.4, -0.2) is 15.6 Å². The van der Waals surface area contributed by atoms with Crippen molar-refractivity contribution in [2.45, 2.75) is 18.9 Å². The fraction of sp³-hybridized carbons (Fsp3) is 0.400. The predicted molar refractivity (Wildman–Crippen MR) is 55.3 cm³/mol. The molecule has 0 aromatic heterocycles. The van der Waals surface area contributed by atoms with Crippen LogP contribution >= 0.6 is 0 Å². The van der Waals surface area contributed by atoms with Crippen molar-refractivity contribution in [1.29, 1.82) is 0 Å². The lowest BCUT2D eigenvalue weighted by atomic mass is 10.3. The molecule has 0 N–H and O–H groups in total. The summed E-state index contributed by atoms with van der Waals surface area (Å²) in [5.74, 6) is 0. The van der Waals surface area contributed by atoms with Gasteiger partial charge in [0.15, 0.2) is 0 Å². The first kappa shape index (κ1) is 8.02. The Kier molecular flexibility index (Phi) is 2.59. The van der Waals surface area contributed by atoms with Crippen LogP contribution < -0.4 is 5.19 Å². The molecule has 1 aromatic carbocycles. The van der Waals surface area contributed by atoms with Crippen molar-refractivity contribution in [2.24, 2.45) is 0 Å². The molecule has 2 heteroatoms. The summed E-state index contributed by atoms with van der Waals surface area (Å²) >= 11 is 0. The van der Waals surface area contributed by atoms with Crippen molar-refractivity contribution in [3.63, 3.8) is 0 Å². The van der Waals surface area contributed by atoms with Gasteiger partial charge in [0, 0.05) is 8.03 Å². The minimum Gasteiger partial charge on any atom is -0.415 e. The summed E-state index contributed by atoms with van der Waals surface area (Å²) in [6.45, 7) is 0.992. The first-order valence-corrected chi connectivity index (χ1v) is 6.50. The molecule has 1 unspecified atom stereocenters. The third-order valence-electron chi connectivity index (χ3n) is 2.35. The quantitative estimate of drug-likeness (QED) is 0.597. The zero-order chi connectivity index (χ0) is 8.23. The minimum atomic E-state index is -0.984. The van der Waals surface area contributed by atoms with Gasteiger partial charge in [0.05, 0.1) is 0 Å². The first-order chi connectivity index (χ1) is 5.97. The van der Waals surface area contributed by atoms with E-state index in [4.69, 9.17) is 4.43 Å². The third-order valence-corrected chi connectivity index (χ3v) is 5.05. The molecule has 1 heterocycles. The van der Waals surface area contributed by atoms with Gasteiger partial charge in [-0.25, -0.2) is 0 Å². The molecule has 0 spiro atoms. The van der Waals surface area contributed by atoms with Crippen LogP contribution in [0.25, 0.3) is 0 Å². The summed E-state index contributed by atoms with van der Waals surface area (Å²) in [4.78, 5) is 0. The Morgan fingerprint density at radius 1 is 1.17 bits per heavy atom. The summed E-state index contributed by atoms with van der Waals surface area (Å²) in [6, 6.07) is 12.0. The van der Waals surface area contributed by atoms with Crippen LogP contribution in [0, 0.1) is 0 Å². The normalized spacial score (nSPS) is 23.8. The van der Waals surface area contributed by atoms with E-state index in [9.17, 15) is 0 Å². The Labute approximate surface area is 76.6 Å². The molecular formula is C10H16OSi. The van der Waals surface area contributed by atoms with E-state index >= 15 is 0 Å². The SMILES string of the molecule is [HH].c1ccc([SiH]2CCCCO2)cc1. The molecule has 2 rings (SSSR count). The highest BCUT2D eigenvalue weighted by molar-refractivity contribution is 6.67. The van der Waals surface area contributed by atoms with E-state index < -0.39 is 9.04 Å². The van der Waals surface area contributed by atoms with E-state index in [2.05, 4.69) is 30.3 Å². The summed E-state index contributed by atoms with van der Waals surface area (Å²) in [5.41, 5.74) is 0. The highest BCUT2D eigenvalue weighted by Gasteiger charge is 2.17. The van der Waals surface area contributed by atoms with Gasteiger partial charge in [0.2, 0.25) is 9.04 Å². The van der Waals surface area contributed by atoms with Crippen LogP contribution in [0.2, 0.25) is 6.04 Å². The molecule has 0 amide bonds. The van der Waals surface area contributed by atoms with Crippen molar-refractivity contribution < 1.29 is 5.85 Å². The largest absolute Gasteiger partial charge is 0.415 e. The van der Waals surface area contributed by atoms with Crippen LogP contribution in [0.4, 0.5) is 0 Å². The molecule has 1 aliphatic heterocycles. The third kappa shape index (κ3) is 1.76. The summed E-state index contributed by atoms with van der Waals surface area (Å²) in [6.07, 6.45) is 2.63. The summed E-state index contributed by atoms with van der Waals surface area (Å²) in [7, 11) is -0.984. The highest BCUT2D eigenvalue weighted by atomic mass is 28.3. The molecule has 12 heavy (non-hydrogen) atoms. The fourth-order valence-corrected chi connectivity index (χ4v) is 4.13. The molecule has 0 bridgehead atoms. The van der Waals surface area contributed by atoms with E-state index in [1.807, 2.05) is 0 Å². The molecule has 1 fully saturated rings. The fourth-order valence-electron chi connectivity index (χ4n) is 1.67. The van der Waals surface area contributed by atoms with Crippen molar-refractivity contribution in [3.05, 3.63) is 30.3 Å². The van der Waals surface area contributed by atoms with Gasteiger partial charge < -0.3 is 4.43 Å². The monoisotopic (exact) mass is 180 g/mol. The molecule has 1 saturated heterocycles. The topological polar surface area (TPSA) is 9.23 Å². The Morgan fingerprint density at radius 2 is 2.00 bits per heavy atom. The van der Waals surface area contributed by atoms with E-state index in [0.29, 0.717) is 0 Å². The van der Waals surface area contributed by atoms with Crippen LogP contribution in [-0.2, 0) is 4.43 Å². The average Bonchev–Trinajstić information content (AvgIpc) is 2.21. The molecule has 0 radical (unpaired) electrons. The molecule has 0 saturated carbocycles. The van der Waals surface area contributed by atoms with Crippen LogP contribution in [0.5, 0.6) is 0 Å². The highest BCUT2D eigenvalue weighted by Crippen LogP contribution is 2.10. The van der Waals surface area contributed by atoms with Gasteiger partial charge in [-0.3, -0.25) is 0 Å². The predicted octanol–water partition coefficient (Wildman–Crippen LogP) is 1.67. The van der Waals surface area contributed by atoms with Crippen LogP contribution in [0.1, 0.15) is 14.3 Å². The number of hydrogen-bond acceptors (Lipinski definition) is 1. The van der Waals surface area contributed by atoms with Gasteiger partial charge in [-0.15, -0.1) is 0 Å². The second-order valence-corrected chi connectivity index (χ2v) is 5.82. The van der Waals surface area contributed by atoms with E-state index in [0.717, 1.165) is 6.61 Å². The number of rotatable bonds is 1. The Hall–Kier alpha value is -0.603. The van der Waals surface area contributed by atoms with E-state index in [-0.39, 0.29) is 1.43 Å². The lowest BCUT2D eigenvalue weighted by Gasteiger charge is -2.21. The Morgan fingerprint density at radius 3 is 2.67 bits per heavy atom. The second kappa shape index (κ2) is 3.87. The molecule has 66 valence electrons. The van der Waals surface area contributed by atoms with Gasteiger partial charge in [-0.2, -0.15) is 0 Å². The van der Waals surface area contributed by atoms with Crippen LogP contribution in [0.15, 0.2) is 30.3 Å². The van der Waals surface area contributed by atoms with Crippen LogP contribution in [0.3, 0.4) is 0 Å². The maximum Gasteiger partial charge on any atom is 0.208 e. The van der Waals surface area contributed by atoms with Gasteiger partial charge >= 0.3 is 0 Å². The van der Waals surface area contributed by atoms with Crippen molar-refractivity contribution in [1.82, 2.24) is 0 Å². The van der Waals surface area contributed by atoms with Gasteiger partial charge in [0.25, 0.3) is 0 Å². The smallest absolute Gasteiger partial charge is 0.208 e. The summed E-state index contributed by atoms with van der Waals surface area (Å²) < 4.78 is 5.80. The molecule has 1 atom stereocenters. The maximum atomic E-state index is 5.80. The number of hydrogen-bond donors (Lipinski definition) is 0. The van der Waals surface area contributed by atoms with Gasteiger partial charge in [0.1, 0.15) is 0 Å². The van der Waals surface area contributed by atoms with E-state index in [1.165, 1.54) is 24.1 Å². The standard InChI is InChI=1S/C10H14OSi.H2/c1-2-6-10(7-3-1)12-9-5-4-8-11-12;/h1-3,6-7,12H,4-5,8-9H2;1H. The number of benzene rings is 1. The lowest BCUT2D eigenvalue weighted by molar-refractivity contribution is 0.294. The van der Waals surface area contributed by atoms with Crippen molar-refractivity contribution in [2.75, 3.05) is 6.61 Å². The maximum absolute atomic E-state index is 5.80. The van der Waals surface area contributed by atoms with Crippen molar-refractivity contribution in [3.8, 4) is 0 Å². The molecular weight excluding hydrogens is 164 g/mol. The Balaban J connectivity index is 0.000000845.